The van der Waals surface area contributed by atoms with Crippen LogP contribution >= 0.6 is 50.5 Å². The Labute approximate surface area is 137 Å². The van der Waals surface area contributed by atoms with E-state index >= 15 is 0 Å². The van der Waals surface area contributed by atoms with Crippen molar-refractivity contribution >= 4 is 71.5 Å². The third-order valence-corrected chi connectivity index (χ3v) is 7.79. The molecule has 20 heavy (non-hydrogen) atoms. The van der Waals surface area contributed by atoms with Crippen LogP contribution in [-0.2, 0) is 10.0 Å². The van der Waals surface area contributed by atoms with Crippen molar-refractivity contribution in [3.63, 3.8) is 0 Å². The summed E-state index contributed by atoms with van der Waals surface area (Å²) in [6.45, 7) is 0. The highest BCUT2D eigenvalue weighted by Gasteiger charge is 2.29. The molecule has 0 atom stereocenters. The van der Waals surface area contributed by atoms with Crippen molar-refractivity contribution in [1.82, 2.24) is 8.96 Å². The second-order valence-electron chi connectivity index (χ2n) is 3.83. The van der Waals surface area contributed by atoms with Gasteiger partial charge in [-0.25, -0.2) is 17.4 Å². The minimum Gasteiger partial charge on any atom is -0.237 e. The van der Waals surface area contributed by atoms with Gasteiger partial charge in [0.2, 0.25) is 0 Å². The number of thiophene rings is 1. The number of hydrogen-bond acceptors (Lipinski definition) is 4. The number of pyridine rings is 1. The van der Waals surface area contributed by atoms with Crippen LogP contribution < -0.4 is 0 Å². The topological polar surface area (TPSA) is 52.0 Å². The molecule has 0 fully saturated rings. The number of aromatic nitrogens is 2. The van der Waals surface area contributed by atoms with Crippen LogP contribution in [0.2, 0.25) is 8.67 Å². The molecule has 3 rings (SSSR count). The van der Waals surface area contributed by atoms with E-state index in [9.17, 15) is 8.42 Å². The molecular formula is C11H5BrCl2N2O2S2. The maximum absolute atomic E-state index is 12.7. The Bertz CT molecular complexity index is 918. The standard InChI is InChI=1S/C11H5BrCl2N2O2S2/c12-7-8(10(14)19-9(7)13)20(17,18)16-5-3-6-2-1-4-15-11(6)16/h1-5H. The van der Waals surface area contributed by atoms with E-state index in [1.807, 2.05) is 0 Å². The van der Waals surface area contributed by atoms with Crippen LogP contribution in [0.4, 0.5) is 0 Å². The van der Waals surface area contributed by atoms with Gasteiger partial charge in [-0.15, -0.1) is 11.3 Å². The highest BCUT2D eigenvalue weighted by molar-refractivity contribution is 9.10. The van der Waals surface area contributed by atoms with Gasteiger partial charge in [-0.2, -0.15) is 0 Å². The lowest BCUT2D eigenvalue weighted by molar-refractivity contribution is 0.589. The van der Waals surface area contributed by atoms with Gasteiger partial charge in [0, 0.05) is 17.8 Å². The van der Waals surface area contributed by atoms with E-state index in [-0.39, 0.29) is 18.0 Å². The number of fused-ring (bicyclic) bond motifs is 1. The lowest BCUT2D eigenvalue weighted by Gasteiger charge is -2.06. The van der Waals surface area contributed by atoms with Gasteiger partial charge in [-0.3, -0.25) is 0 Å². The molecule has 9 heteroatoms. The minimum atomic E-state index is -3.86. The van der Waals surface area contributed by atoms with Gasteiger partial charge < -0.3 is 0 Å². The van der Waals surface area contributed by atoms with Crippen molar-refractivity contribution in [2.75, 3.05) is 0 Å². The molecule has 0 unspecified atom stereocenters. The molecule has 0 bridgehead atoms. The number of nitrogens with zero attached hydrogens (tertiary/aromatic N) is 2. The van der Waals surface area contributed by atoms with Gasteiger partial charge in [-0.1, -0.05) is 23.2 Å². The summed E-state index contributed by atoms with van der Waals surface area (Å²) in [5, 5.41) is 0.727. The van der Waals surface area contributed by atoms with Crippen LogP contribution in [0.1, 0.15) is 0 Å². The molecular weight excluding hydrogens is 407 g/mol. The van der Waals surface area contributed by atoms with Crippen molar-refractivity contribution in [3.05, 3.63) is 43.7 Å². The molecule has 3 aromatic heterocycles. The van der Waals surface area contributed by atoms with E-state index in [2.05, 4.69) is 20.9 Å². The van der Waals surface area contributed by atoms with Crippen LogP contribution in [0.5, 0.6) is 0 Å². The lowest BCUT2D eigenvalue weighted by Crippen LogP contribution is -2.12. The average Bonchev–Trinajstić information content (AvgIpc) is 2.92. The molecule has 104 valence electrons. The highest BCUT2D eigenvalue weighted by Crippen LogP contribution is 2.44. The summed E-state index contributed by atoms with van der Waals surface area (Å²) in [4.78, 5) is 4.05. The summed E-state index contributed by atoms with van der Waals surface area (Å²) in [5.41, 5.74) is 0.345. The highest BCUT2D eigenvalue weighted by atomic mass is 79.9. The fourth-order valence-corrected chi connectivity index (χ4v) is 6.59. The molecule has 0 spiro atoms. The summed E-state index contributed by atoms with van der Waals surface area (Å²) in [7, 11) is -3.86. The second kappa shape index (κ2) is 4.99. The Morgan fingerprint density at radius 3 is 2.65 bits per heavy atom. The van der Waals surface area contributed by atoms with Crippen LogP contribution in [0.25, 0.3) is 11.0 Å². The Balaban J connectivity index is 2.32. The van der Waals surface area contributed by atoms with Crippen molar-refractivity contribution in [1.29, 1.82) is 0 Å². The molecule has 0 aromatic carbocycles. The molecule has 0 aliphatic carbocycles. The largest absolute Gasteiger partial charge is 0.272 e. The monoisotopic (exact) mass is 410 g/mol. The quantitative estimate of drug-likeness (QED) is 0.627. The average molecular weight is 412 g/mol. The zero-order valence-electron chi connectivity index (χ0n) is 9.55. The van der Waals surface area contributed by atoms with Crippen molar-refractivity contribution in [3.8, 4) is 0 Å². The van der Waals surface area contributed by atoms with Gasteiger partial charge in [0.05, 0.1) is 4.47 Å². The zero-order valence-corrected chi connectivity index (χ0v) is 14.3. The number of hydrogen-bond donors (Lipinski definition) is 0. The van der Waals surface area contributed by atoms with Crippen LogP contribution in [0, 0.1) is 0 Å². The molecule has 0 saturated carbocycles. The first-order valence-corrected chi connectivity index (χ1v) is 9.04. The smallest absolute Gasteiger partial charge is 0.237 e. The Morgan fingerprint density at radius 2 is 2.00 bits per heavy atom. The zero-order chi connectivity index (χ0) is 14.5. The second-order valence-corrected chi connectivity index (χ2v) is 8.59. The molecule has 0 saturated heterocycles. The summed E-state index contributed by atoms with van der Waals surface area (Å²) in [6.07, 6.45) is 2.98. The van der Waals surface area contributed by atoms with Crippen molar-refractivity contribution in [2.45, 2.75) is 4.90 Å². The van der Waals surface area contributed by atoms with E-state index in [1.54, 1.807) is 18.2 Å². The SMILES string of the molecule is O=S(=O)(c1c(Cl)sc(Cl)c1Br)n1ccc2cccnc21. The van der Waals surface area contributed by atoms with E-state index in [0.29, 0.717) is 5.65 Å². The Morgan fingerprint density at radius 1 is 1.25 bits per heavy atom. The van der Waals surface area contributed by atoms with Gasteiger partial charge in [-0.05, 0) is 34.1 Å². The molecule has 0 aliphatic rings. The molecule has 0 radical (unpaired) electrons. The van der Waals surface area contributed by atoms with Gasteiger partial charge in [0.15, 0.2) is 5.65 Å². The predicted octanol–water partition coefficient (Wildman–Crippen LogP) is 4.40. The van der Waals surface area contributed by atoms with Crippen LogP contribution in [0.3, 0.4) is 0 Å². The lowest BCUT2D eigenvalue weighted by atomic mass is 10.3. The fraction of sp³-hybridized carbons (Fsp3) is 0. The summed E-state index contributed by atoms with van der Waals surface area (Å²) in [5.74, 6) is 0. The normalized spacial score (nSPS) is 12.2. The van der Waals surface area contributed by atoms with Gasteiger partial charge in [0.25, 0.3) is 10.0 Å². The summed E-state index contributed by atoms with van der Waals surface area (Å²) < 4.78 is 27.2. The molecule has 0 aliphatic heterocycles. The first-order chi connectivity index (χ1) is 9.43. The maximum atomic E-state index is 12.7. The third-order valence-electron chi connectivity index (χ3n) is 2.66. The Hall–Kier alpha value is -0.600. The molecule has 3 heterocycles. The molecule has 4 nitrogen and oxygen atoms in total. The minimum absolute atomic E-state index is 0.0441. The first-order valence-electron chi connectivity index (χ1n) is 5.24. The van der Waals surface area contributed by atoms with Crippen LogP contribution in [-0.4, -0.2) is 17.4 Å². The Kier molecular flexibility index (Phi) is 3.58. The van der Waals surface area contributed by atoms with E-state index in [1.165, 1.54) is 12.4 Å². The van der Waals surface area contributed by atoms with Crippen molar-refractivity contribution < 1.29 is 8.42 Å². The molecule has 0 amide bonds. The summed E-state index contributed by atoms with van der Waals surface area (Å²) in [6, 6.07) is 5.20. The number of rotatable bonds is 2. The maximum Gasteiger partial charge on any atom is 0.272 e. The molecule has 3 aromatic rings. The van der Waals surface area contributed by atoms with Gasteiger partial charge in [0.1, 0.15) is 13.6 Å². The molecule has 0 N–H and O–H groups in total. The number of halogens is 3. The third kappa shape index (κ3) is 2.08. The van der Waals surface area contributed by atoms with E-state index < -0.39 is 10.0 Å². The van der Waals surface area contributed by atoms with Gasteiger partial charge >= 0.3 is 0 Å². The van der Waals surface area contributed by atoms with Crippen LogP contribution in [0.15, 0.2) is 40.0 Å². The van der Waals surface area contributed by atoms with Crippen molar-refractivity contribution in [2.24, 2.45) is 0 Å². The predicted molar refractivity (Wildman–Crippen MR) is 84.4 cm³/mol. The fourth-order valence-electron chi connectivity index (χ4n) is 1.79. The van der Waals surface area contributed by atoms with E-state index in [4.69, 9.17) is 23.2 Å². The summed E-state index contributed by atoms with van der Waals surface area (Å²) >= 11 is 16.1. The van der Waals surface area contributed by atoms with E-state index in [0.717, 1.165) is 20.7 Å². The first kappa shape index (κ1) is 14.3.